The molecule has 2 saturated carbocycles. The molecule has 0 saturated heterocycles. The first-order chi connectivity index (χ1) is 13.9. The maximum atomic E-state index is 12.9. The summed E-state index contributed by atoms with van der Waals surface area (Å²) in [4.78, 5) is 37.3. The Labute approximate surface area is 188 Å². The Bertz CT molecular complexity index is 888. The van der Waals surface area contributed by atoms with Gasteiger partial charge in [-0.1, -0.05) is 48.4 Å². The second-order valence-corrected chi connectivity index (χ2v) is 11.5. The minimum absolute atomic E-state index is 0.0263. The molecule has 4 nitrogen and oxygen atoms in total. The van der Waals surface area contributed by atoms with Gasteiger partial charge in [0.1, 0.15) is 0 Å². The Hall–Kier alpha value is -1.23. The van der Waals surface area contributed by atoms with Gasteiger partial charge in [0.15, 0.2) is 17.2 Å². The number of alkyl halides is 1. The summed E-state index contributed by atoms with van der Waals surface area (Å²) in [6.07, 6.45) is 7.53. The molecule has 0 heterocycles. The maximum Gasteiger partial charge on any atom is 0.303 e. The number of halogens is 1. The van der Waals surface area contributed by atoms with E-state index in [0.29, 0.717) is 18.3 Å². The minimum Gasteiger partial charge on any atom is -0.451 e. The third kappa shape index (κ3) is 2.59. The molecular weight excluding hydrogens is 444 g/mol. The van der Waals surface area contributed by atoms with Gasteiger partial charge < -0.3 is 4.74 Å². The average Bonchev–Trinajstić information content (AvgIpc) is 2.96. The summed E-state index contributed by atoms with van der Waals surface area (Å²) < 4.78 is 5.85. The molecule has 164 valence electrons. The van der Waals surface area contributed by atoms with E-state index in [-0.39, 0.29) is 45.0 Å². The van der Waals surface area contributed by atoms with E-state index in [1.807, 2.05) is 6.08 Å². The van der Waals surface area contributed by atoms with Gasteiger partial charge in [0.25, 0.3) is 0 Å². The standard InChI is InChI=1S/C25H33BrO4/c1-13-11-17-18-8-10-25(15(3)27,30-16(4)28)23(18,5)9-7-19(17)24(6)14(2)22(26)21(29)12-20(13)24/h11-12,14,17-19,22H,7-10H2,1-6H3. The summed E-state index contributed by atoms with van der Waals surface area (Å²) in [6.45, 7) is 11.8. The summed E-state index contributed by atoms with van der Waals surface area (Å²) in [6, 6.07) is 0. The molecule has 8 unspecified atom stereocenters. The van der Waals surface area contributed by atoms with Gasteiger partial charge in [0.05, 0.1) is 4.83 Å². The smallest absolute Gasteiger partial charge is 0.303 e. The van der Waals surface area contributed by atoms with Gasteiger partial charge in [0, 0.05) is 17.8 Å². The highest BCUT2D eigenvalue weighted by Crippen LogP contribution is 2.68. The number of allylic oxidation sites excluding steroid dienone is 4. The molecule has 4 aliphatic carbocycles. The van der Waals surface area contributed by atoms with Crippen LogP contribution in [0.5, 0.6) is 0 Å². The van der Waals surface area contributed by atoms with E-state index in [1.165, 1.54) is 18.1 Å². The predicted octanol–water partition coefficient (Wildman–Crippen LogP) is 5.19. The molecule has 0 amide bonds. The lowest BCUT2D eigenvalue weighted by molar-refractivity contribution is -0.185. The molecule has 30 heavy (non-hydrogen) atoms. The molecule has 0 aliphatic heterocycles. The van der Waals surface area contributed by atoms with Gasteiger partial charge in [-0.3, -0.25) is 14.4 Å². The number of Topliss-reactive ketones (excluding diaryl/α,β-unsaturated/α-hetero) is 1. The number of ether oxygens (including phenoxy) is 1. The van der Waals surface area contributed by atoms with Gasteiger partial charge >= 0.3 is 5.97 Å². The van der Waals surface area contributed by atoms with E-state index < -0.39 is 5.60 Å². The largest absolute Gasteiger partial charge is 0.451 e. The van der Waals surface area contributed by atoms with Crippen LogP contribution in [0.25, 0.3) is 0 Å². The minimum atomic E-state index is -1.01. The molecule has 0 aromatic rings. The summed E-state index contributed by atoms with van der Waals surface area (Å²) in [7, 11) is 0. The molecule has 8 atom stereocenters. The summed E-state index contributed by atoms with van der Waals surface area (Å²) in [5.41, 5.74) is 0.920. The fraction of sp³-hybridized carbons (Fsp3) is 0.720. The van der Waals surface area contributed by atoms with Crippen LogP contribution in [0.2, 0.25) is 0 Å². The molecule has 0 aromatic heterocycles. The third-order valence-corrected chi connectivity index (χ3v) is 10.7. The number of rotatable bonds is 2. The van der Waals surface area contributed by atoms with Crippen molar-refractivity contribution in [2.24, 2.45) is 34.5 Å². The fourth-order valence-electron chi connectivity index (χ4n) is 7.82. The zero-order valence-corrected chi connectivity index (χ0v) is 20.5. The molecule has 0 radical (unpaired) electrons. The number of carbonyl (C=O) groups excluding carboxylic acids is 3. The van der Waals surface area contributed by atoms with Gasteiger partial charge in [-0.15, -0.1) is 0 Å². The lowest BCUT2D eigenvalue weighted by Crippen LogP contribution is -2.59. The first kappa shape index (κ1) is 22.0. The zero-order chi connectivity index (χ0) is 22.2. The SMILES string of the molecule is CC(=O)OC1(C(C)=O)CCC2C3C=C(C)C4=CC(=O)C(Br)C(C)C4(C)C3CCC21C. The number of carbonyl (C=O) groups is 3. The highest BCUT2D eigenvalue weighted by atomic mass is 79.9. The molecule has 0 bridgehead atoms. The maximum absolute atomic E-state index is 12.9. The third-order valence-electron chi connectivity index (χ3n) is 9.50. The molecule has 2 fully saturated rings. The number of esters is 1. The first-order valence-electron chi connectivity index (χ1n) is 11.2. The van der Waals surface area contributed by atoms with Crippen LogP contribution in [0.4, 0.5) is 0 Å². The van der Waals surface area contributed by atoms with Crippen molar-refractivity contribution in [3.63, 3.8) is 0 Å². The Balaban J connectivity index is 1.82. The van der Waals surface area contributed by atoms with Crippen LogP contribution in [0, 0.1) is 34.5 Å². The van der Waals surface area contributed by atoms with Crippen molar-refractivity contribution in [2.45, 2.75) is 77.7 Å². The fourth-order valence-corrected chi connectivity index (χ4v) is 8.50. The highest BCUT2D eigenvalue weighted by molar-refractivity contribution is 9.10. The van der Waals surface area contributed by atoms with Crippen molar-refractivity contribution in [1.82, 2.24) is 0 Å². The van der Waals surface area contributed by atoms with Crippen molar-refractivity contribution >= 4 is 33.5 Å². The molecular formula is C25H33BrO4. The van der Waals surface area contributed by atoms with E-state index in [2.05, 4.69) is 49.7 Å². The van der Waals surface area contributed by atoms with Crippen LogP contribution in [0.3, 0.4) is 0 Å². The number of hydrogen-bond acceptors (Lipinski definition) is 4. The lowest BCUT2D eigenvalue weighted by Gasteiger charge is -2.60. The second-order valence-electron chi connectivity index (χ2n) is 10.5. The summed E-state index contributed by atoms with van der Waals surface area (Å²) in [5.74, 6) is 0.967. The average molecular weight is 477 g/mol. The normalized spacial score (nSPS) is 47.4. The Morgan fingerprint density at radius 3 is 2.37 bits per heavy atom. The van der Waals surface area contributed by atoms with Crippen molar-refractivity contribution < 1.29 is 19.1 Å². The lowest BCUT2D eigenvalue weighted by atomic mass is 9.45. The number of hydrogen-bond donors (Lipinski definition) is 0. The van der Waals surface area contributed by atoms with Crippen molar-refractivity contribution in [3.05, 3.63) is 23.3 Å². The highest BCUT2D eigenvalue weighted by Gasteiger charge is 2.68. The Morgan fingerprint density at radius 2 is 1.77 bits per heavy atom. The van der Waals surface area contributed by atoms with E-state index in [1.54, 1.807) is 6.92 Å². The second kappa shape index (κ2) is 6.88. The zero-order valence-electron chi connectivity index (χ0n) is 18.9. The van der Waals surface area contributed by atoms with Crippen molar-refractivity contribution in [3.8, 4) is 0 Å². The van der Waals surface area contributed by atoms with E-state index in [4.69, 9.17) is 4.74 Å². The van der Waals surface area contributed by atoms with Crippen molar-refractivity contribution in [2.75, 3.05) is 0 Å². The molecule has 4 rings (SSSR count). The Morgan fingerprint density at radius 1 is 1.13 bits per heavy atom. The topological polar surface area (TPSA) is 60.4 Å². The monoisotopic (exact) mass is 476 g/mol. The van der Waals surface area contributed by atoms with E-state index in [9.17, 15) is 14.4 Å². The van der Waals surface area contributed by atoms with Gasteiger partial charge in [-0.05, 0) is 74.9 Å². The molecule has 0 spiro atoms. The van der Waals surface area contributed by atoms with Crippen molar-refractivity contribution in [1.29, 1.82) is 0 Å². The molecule has 0 aromatic carbocycles. The van der Waals surface area contributed by atoms with Crippen LogP contribution in [0.1, 0.15) is 67.2 Å². The van der Waals surface area contributed by atoms with Crippen LogP contribution in [0.15, 0.2) is 23.3 Å². The number of fused-ring (bicyclic) bond motifs is 5. The number of ketones is 2. The van der Waals surface area contributed by atoms with Gasteiger partial charge in [0.2, 0.25) is 0 Å². The first-order valence-corrected chi connectivity index (χ1v) is 12.1. The van der Waals surface area contributed by atoms with Gasteiger partial charge in [-0.2, -0.15) is 0 Å². The summed E-state index contributed by atoms with van der Waals surface area (Å²) in [5, 5.41) is 0. The molecule has 4 aliphatic rings. The molecule has 0 N–H and O–H groups in total. The van der Waals surface area contributed by atoms with E-state index >= 15 is 0 Å². The van der Waals surface area contributed by atoms with E-state index in [0.717, 1.165) is 19.3 Å². The van der Waals surface area contributed by atoms with Crippen LogP contribution >= 0.6 is 15.9 Å². The Kier molecular flexibility index (Phi) is 5.04. The quantitative estimate of drug-likeness (QED) is 0.406. The van der Waals surface area contributed by atoms with Gasteiger partial charge in [-0.25, -0.2) is 0 Å². The van der Waals surface area contributed by atoms with Crippen LogP contribution in [-0.2, 0) is 19.1 Å². The van der Waals surface area contributed by atoms with Crippen LogP contribution in [-0.4, -0.2) is 28.0 Å². The summed E-state index contributed by atoms with van der Waals surface area (Å²) >= 11 is 3.67. The molecule has 5 heteroatoms. The predicted molar refractivity (Wildman–Crippen MR) is 119 cm³/mol. The van der Waals surface area contributed by atoms with Crippen LogP contribution < -0.4 is 0 Å².